The minimum atomic E-state index is -4.42. The van der Waals surface area contributed by atoms with Crippen LogP contribution in [0.25, 0.3) is 11.8 Å². The van der Waals surface area contributed by atoms with E-state index in [0.29, 0.717) is 5.69 Å². The summed E-state index contributed by atoms with van der Waals surface area (Å²) in [6.07, 6.45) is 1.05. The molecule has 0 fully saturated rings. The molecule has 5 nitrogen and oxygen atoms in total. The number of nitrogens with one attached hydrogen (secondary N) is 1. The fourth-order valence-corrected chi connectivity index (χ4v) is 2.21. The quantitative estimate of drug-likeness (QED) is 0.719. The molecule has 0 unspecified atom stereocenters. The van der Waals surface area contributed by atoms with Crippen LogP contribution in [0.1, 0.15) is 11.1 Å². The number of hydrogen-bond donors (Lipinski definition) is 1. The van der Waals surface area contributed by atoms with E-state index in [-0.39, 0.29) is 5.56 Å². The molecule has 0 spiro atoms. The largest absolute Gasteiger partial charge is 0.416 e. The van der Waals surface area contributed by atoms with E-state index in [1.54, 1.807) is 35.3 Å². The maximum absolute atomic E-state index is 12.7. The molecule has 0 aliphatic carbocycles. The Balaban J connectivity index is 1.64. The Kier molecular flexibility index (Phi) is 4.83. The van der Waals surface area contributed by atoms with Crippen molar-refractivity contribution in [1.29, 1.82) is 0 Å². The Morgan fingerprint density at radius 2 is 1.88 bits per heavy atom. The zero-order valence-electron chi connectivity index (χ0n) is 13.3. The first-order valence-electron chi connectivity index (χ1n) is 7.53. The minimum Gasteiger partial charge on any atom is -0.323 e. The van der Waals surface area contributed by atoms with Crippen molar-refractivity contribution in [3.8, 4) is 5.69 Å². The highest BCUT2D eigenvalue weighted by molar-refractivity contribution is 6.01. The zero-order valence-corrected chi connectivity index (χ0v) is 13.3. The Bertz CT molecular complexity index is 916. The fraction of sp³-hybridized carbons (Fsp3) is 0.0556. The van der Waals surface area contributed by atoms with Crippen LogP contribution in [0.15, 0.2) is 67.3 Å². The van der Waals surface area contributed by atoms with Crippen molar-refractivity contribution in [2.45, 2.75) is 6.18 Å². The van der Waals surface area contributed by atoms with E-state index in [1.807, 2.05) is 0 Å². The number of amides is 1. The summed E-state index contributed by atoms with van der Waals surface area (Å²) in [7, 11) is 0. The lowest BCUT2D eigenvalue weighted by Gasteiger charge is -2.07. The molecule has 1 heterocycles. The second-order valence-corrected chi connectivity index (χ2v) is 5.33. The van der Waals surface area contributed by atoms with Crippen molar-refractivity contribution in [3.05, 3.63) is 78.4 Å². The number of anilines is 1. The van der Waals surface area contributed by atoms with Gasteiger partial charge in [-0.1, -0.05) is 12.1 Å². The maximum Gasteiger partial charge on any atom is 0.416 e. The van der Waals surface area contributed by atoms with E-state index in [2.05, 4.69) is 15.4 Å². The van der Waals surface area contributed by atoms with Crippen molar-refractivity contribution in [3.63, 3.8) is 0 Å². The van der Waals surface area contributed by atoms with Gasteiger partial charge in [-0.15, -0.1) is 0 Å². The molecule has 132 valence electrons. The summed E-state index contributed by atoms with van der Waals surface area (Å²) in [6, 6.07) is 11.6. The molecule has 0 aliphatic heterocycles. The molecule has 26 heavy (non-hydrogen) atoms. The topological polar surface area (TPSA) is 59.8 Å². The van der Waals surface area contributed by atoms with E-state index >= 15 is 0 Å². The van der Waals surface area contributed by atoms with Gasteiger partial charge in [0.2, 0.25) is 5.91 Å². The molecule has 8 heteroatoms. The van der Waals surface area contributed by atoms with E-state index in [4.69, 9.17) is 0 Å². The highest BCUT2D eigenvalue weighted by atomic mass is 19.4. The summed E-state index contributed by atoms with van der Waals surface area (Å²) in [5.41, 5.74) is 0.854. The predicted molar refractivity (Wildman–Crippen MR) is 90.5 cm³/mol. The van der Waals surface area contributed by atoms with Crippen LogP contribution in [0.5, 0.6) is 0 Å². The molecular formula is C18H13F3N4O. The molecule has 0 saturated heterocycles. The summed E-state index contributed by atoms with van der Waals surface area (Å²) in [5, 5.41) is 6.63. The van der Waals surface area contributed by atoms with Gasteiger partial charge in [0, 0.05) is 11.8 Å². The van der Waals surface area contributed by atoms with Gasteiger partial charge in [-0.05, 0) is 48.0 Å². The van der Waals surface area contributed by atoms with Gasteiger partial charge < -0.3 is 5.32 Å². The molecule has 0 saturated carbocycles. The number of nitrogens with zero attached hydrogens (tertiary/aromatic N) is 3. The van der Waals surface area contributed by atoms with Crippen LogP contribution < -0.4 is 5.32 Å². The van der Waals surface area contributed by atoms with Gasteiger partial charge in [-0.2, -0.15) is 18.3 Å². The van der Waals surface area contributed by atoms with Crippen molar-refractivity contribution < 1.29 is 18.0 Å². The molecule has 1 N–H and O–H groups in total. The molecule has 2 aromatic carbocycles. The monoisotopic (exact) mass is 358 g/mol. The number of hydrogen-bond acceptors (Lipinski definition) is 3. The van der Waals surface area contributed by atoms with Gasteiger partial charge >= 0.3 is 6.18 Å². The molecule has 3 rings (SSSR count). The molecule has 0 radical (unpaired) electrons. The first-order valence-corrected chi connectivity index (χ1v) is 7.53. The van der Waals surface area contributed by atoms with Crippen molar-refractivity contribution in [2.24, 2.45) is 0 Å². The average Bonchev–Trinajstić information content (AvgIpc) is 3.15. The van der Waals surface area contributed by atoms with Crippen molar-refractivity contribution in [2.75, 3.05) is 5.32 Å². The lowest BCUT2D eigenvalue weighted by Crippen LogP contribution is -2.08. The van der Waals surface area contributed by atoms with E-state index < -0.39 is 17.6 Å². The number of halogens is 3. The summed E-state index contributed by atoms with van der Waals surface area (Å²) >= 11 is 0. The van der Waals surface area contributed by atoms with Crippen LogP contribution in [-0.2, 0) is 11.0 Å². The molecule has 0 bridgehead atoms. The average molecular weight is 358 g/mol. The number of benzene rings is 2. The third kappa shape index (κ3) is 4.35. The highest BCUT2D eigenvalue weighted by Gasteiger charge is 2.30. The smallest absolute Gasteiger partial charge is 0.323 e. The van der Waals surface area contributed by atoms with E-state index in [1.165, 1.54) is 30.6 Å². The Hall–Kier alpha value is -3.42. The Labute approximate surface area is 146 Å². The third-order valence-electron chi connectivity index (χ3n) is 3.46. The molecule has 1 amide bonds. The molecule has 3 aromatic rings. The lowest BCUT2D eigenvalue weighted by molar-refractivity contribution is -0.137. The van der Waals surface area contributed by atoms with Crippen LogP contribution in [0.3, 0.4) is 0 Å². The van der Waals surface area contributed by atoms with Crippen LogP contribution in [0.2, 0.25) is 0 Å². The molecule has 0 aliphatic rings. The lowest BCUT2D eigenvalue weighted by atomic mass is 10.1. The standard InChI is InChI=1S/C18H13F3N4O/c19-18(20,21)14-3-1-2-13(10-14)4-9-17(26)24-15-5-7-16(8-6-15)25-12-22-11-23-25/h1-12H,(H,24,26)/b9-4+. The number of rotatable bonds is 4. The second kappa shape index (κ2) is 7.22. The third-order valence-corrected chi connectivity index (χ3v) is 3.46. The maximum atomic E-state index is 12.7. The number of alkyl halides is 3. The summed E-state index contributed by atoms with van der Waals surface area (Å²) < 4.78 is 39.6. The summed E-state index contributed by atoms with van der Waals surface area (Å²) in [4.78, 5) is 15.8. The predicted octanol–water partition coefficient (Wildman–Crippen LogP) is 3.94. The fourth-order valence-electron chi connectivity index (χ4n) is 2.21. The molecule has 0 atom stereocenters. The first kappa shape index (κ1) is 17.4. The second-order valence-electron chi connectivity index (χ2n) is 5.33. The highest BCUT2D eigenvalue weighted by Crippen LogP contribution is 2.29. The molecule has 1 aromatic heterocycles. The first-order chi connectivity index (χ1) is 12.4. The SMILES string of the molecule is O=C(/C=C/c1cccc(C(F)(F)F)c1)Nc1ccc(-n2cncn2)cc1. The van der Waals surface area contributed by atoms with Gasteiger partial charge in [0.25, 0.3) is 0 Å². The van der Waals surface area contributed by atoms with Gasteiger partial charge in [0.1, 0.15) is 12.7 Å². The Morgan fingerprint density at radius 3 is 2.54 bits per heavy atom. The van der Waals surface area contributed by atoms with Crippen LogP contribution in [-0.4, -0.2) is 20.7 Å². The zero-order chi connectivity index (χ0) is 18.6. The number of carbonyl (C=O) groups excluding carboxylic acids is 1. The van der Waals surface area contributed by atoms with E-state index in [0.717, 1.165) is 17.8 Å². The summed E-state index contributed by atoms with van der Waals surface area (Å²) in [6.45, 7) is 0. The van der Waals surface area contributed by atoms with Crippen LogP contribution in [0, 0.1) is 0 Å². The van der Waals surface area contributed by atoms with E-state index in [9.17, 15) is 18.0 Å². The van der Waals surface area contributed by atoms with Gasteiger partial charge in [-0.25, -0.2) is 9.67 Å². The van der Waals surface area contributed by atoms with Crippen LogP contribution in [0.4, 0.5) is 18.9 Å². The molecular weight excluding hydrogens is 345 g/mol. The van der Waals surface area contributed by atoms with Crippen molar-refractivity contribution >= 4 is 17.7 Å². The van der Waals surface area contributed by atoms with Gasteiger partial charge in [0.15, 0.2) is 0 Å². The number of aromatic nitrogens is 3. The minimum absolute atomic E-state index is 0.288. The van der Waals surface area contributed by atoms with Gasteiger partial charge in [-0.3, -0.25) is 4.79 Å². The summed E-state index contributed by atoms with van der Waals surface area (Å²) in [5.74, 6) is -0.448. The Morgan fingerprint density at radius 1 is 1.12 bits per heavy atom. The van der Waals surface area contributed by atoms with Crippen molar-refractivity contribution in [1.82, 2.24) is 14.8 Å². The number of carbonyl (C=O) groups is 1. The normalized spacial score (nSPS) is 11.7. The van der Waals surface area contributed by atoms with Crippen LogP contribution >= 0.6 is 0 Å². The van der Waals surface area contributed by atoms with Gasteiger partial charge in [0.05, 0.1) is 11.3 Å².